The molecule has 6 rings (SSSR count). The van der Waals surface area contributed by atoms with Crippen LogP contribution < -0.4 is 16.0 Å². The van der Waals surface area contributed by atoms with Gasteiger partial charge in [0.25, 0.3) is 11.8 Å². The van der Waals surface area contributed by atoms with Gasteiger partial charge in [0.2, 0.25) is 5.91 Å². The Bertz CT molecular complexity index is 2130. The highest BCUT2D eigenvalue weighted by Crippen LogP contribution is 2.40. The van der Waals surface area contributed by atoms with Crippen LogP contribution in [0.3, 0.4) is 0 Å². The summed E-state index contributed by atoms with van der Waals surface area (Å²) < 4.78 is 5.10. The van der Waals surface area contributed by atoms with Crippen molar-refractivity contribution < 1.29 is 23.9 Å². The molecule has 2 unspecified atom stereocenters. The first-order chi connectivity index (χ1) is 25.7. The Hall–Kier alpha value is -5.45. The van der Waals surface area contributed by atoms with Crippen LogP contribution >= 0.6 is 23.1 Å². The van der Waals surface area contributed by atoms with Gasteiger partial charge in [0.1, 0.15) is 10.7 Å². The first kappa shape index (κ1) is 37.3. The normalized spacial score (nSPS) is 14.4. The van der Waals surface area contributed by atoms with E-state index >= 15 is 0 Å². The summed E-state index contributed by atoms with van der Waals surface area (Å²) in [5.41, 5.74) is 5.29. The molecular weight excluding hydrogens is 703 g/mol. The van der Waals surface area contributed by atoms with Crippen molar-refractivity contribution in [3.8, 4) is 11.1 Å². The van der Waals surface area contributed by atoms with E-state index in [2.05, 4.69) is 22.9 Å². The van der Waals surface area contributed by atoms with Crippen molar-refractivity contribution in [3.05, 3.63) is 142 Å². The summed E-state index contributed by atoms with van der Waals surface area (Å²) in [5.74, 6) is -1.05. The molecule has 53 heavy (non-hydrogen) atoms. The van der Waals surface area contributed by atoms with E-state index < -0.39 is 23.0 Å². The van der Waals surface area contributed by atoms with Crippen LogP contribution in [0.15, 0.2) is 120 Å². The maximum Gasteiger partial charge on any atom is 0.341 e. The highest BCUT2D eigenvalue weighted by Gasteiger charge is 2.30. The largest absolute Gasteiger partial charge is 0.465 e. The van der Waals surface area contributed by atoms with Crippen molar-refractivity contribution >= 4 is 63.6 Å². The van der Waals surface area contributed by atoms with Crippen molar-refractivity contribution in [1.82, 2.24) is 5.32 Å². The fraction of sp³-hybridized carbons (Fsp3) is 0.209. The zero-order valence-electron chi connectivity index (χ0n) is 29.8. The van der Waals surface area contributed by atoms with Crippen molar-refractivity contribution in [2.75, 3.05) is 17.7 Å². The van der Waals surface area contributed by atoms with Crippen LogP contribution in [0.25, 0.3) is 17.2 Å². The second-order valence-corrected chi connectivity index (χ2v) is 15.3. The van der Waals surface area contributed by atoms with Gasteiger partial charge in [-0.2, -0.15) is 0 Å². The second kappa shape index (κ2) is 17.4. The Morgan fingerprint density at radius 3 is 2.28 bits per heavy atom. The highest BCUT2D eigenvalue weighted by atomic mass is 32.2. The molecule has 1 aliphatic rings. The second-order valence-electron chi connectivity index (χ2n) is 12.9. The molecule has 8 nitrogen and oxygen atoms in total. The van der Waals surface area contributed by atoms with E-state index in [4.69, 9.17) is 4.74 Å². The van der Waals surface area contributed by atoms with Crippen molar-refractivity contribution in [2.45, 2.75) is 49.7 Å². The first-order valence-corrected chi connectivity index (χ1v) is 19.3. The van der Waals surface area contributed by atoms with Gasteiger partial charge >= 0.3 is 5.97 Å². The van der Waals surface area contributed by atoms with Crippen LogP contribution in [-0.2, 0) is 27.2 Å². The van der Waals surface area contributed by atoms with Gasteiger partial charge in [0.05, 0.1) is 17.9 Å². The standard InChI is InChI=1S/C43H41N3O5S2/c1-4-36(41(49)46-42-38(43(50)51-3)34-23-18-27(2)24-37(34)53-42)52-33-17-11-16-32(26-33)44-40(48)35(45-39(47)31-14-9-6-10-15-31)25-28-19-21-30(22-20-28)29-12-7-5-8-13-29/h5-17,19-22,25-27,36H,4,18,23-24H2,1-3H3,(H,44,48)(H,45,47)(H,46,49)/b35-25+. The number of benzene rings is 4. The maximum absolute atomic E-state index is 13.8. The van der Waals surface area contributed by atoms with Crippen LogP contribution in [-0.4, -0.2) is 36.1 Å². The summed E-state index contributed by atoms with van der Waals surface area (Å²) in [6.07, 6.45) is 4.82. The van der Waals surface area contributed by atoms with Crippen LogP contribution in [0.4, 0.5) is 10.7 Å². The fourth-order valence-corrected chi connectivity index (χ4v) is 8.61. The molecule has 1 heterocycles. The number of fused-ring (bicyclic) bond motifs is 1. The monoisotopic (exact) mass is 743 g/mol. The van der Waals surface area contributed by atoms with Crippen molar-refractivity contribution in [1.29, 1.82) is 0 Å². The number of thioether (sulfide) groups is 1. The molecule has 3 amide bonds. The molecule has 0 radical (unpaired) electrons. The number of carbonyl (C=O) groups excluding carboxylic acids is 4. The van der Waals surface area contributed by atoms with E-state index in [1.54, 1.807) is 48.5 Å². The van der Waals surface area contributed by atoms with E-state index in [-0.39, 0.29) is 11.6 Å². The molecule has 3 N–H and O–H groups in total. The Morgan fingerprint density at radius 1 is 0.887 bits per heavy atom. The maximum atomic E-state index is 13.8. The van der Waals surface area contributed by atoms with E-state index in [0.29, 0.717) is 34.2 Å². The summed E-state index contributed by atoms with van der Waals surface area (Å²) in [6, 6.07) is 33.7. The van der Waals surface area contributed by atoms with E-state index in [1.807, 2.05) is 73.7 Å². The third-order valence-electron chi connectivity index (χ3n) is 9.03. The molecule has 0 bridgehead atoms. The van der Waals surface area contributed by atoms with Crippen LogP contribution in [0.1, 0.15) is 63.4 Å². The molecule has 0 saturated carbocycles. The van der Waals surface area contributed by atoms with Crippen LogP contribution in [0.5, 0.6) is 0 Å². The van der Waals surface area contributed by atoms with Gasteiger partial charge in [0, 0.05) is 21.0 Å². The quantitative estimate of drug-likeness (QED) is 0.0667. The average molecular weight is 744 g/mol. The summed E-state index contributed by atoms with van der Waals surface area (Å²) in [4.78, 5) is 55.3. The Balaban J connectivity index is 1.18. The molecule has 5 aromatic rings. The van der Waals surface area contributed by atoms with Gasteiger partial charge in [-0.1, -0.05) is 92.7 Å². The molecule has 0 fully saturated rings. The number of esters is 1. The smallest absolute Gasteiger partial charge is 0.341 e. The number of nitrogens with one attached hydrogen (secondary N) is 3. The van der Waals surface area contributed by atoms with Crippen LogP contribution in [0.2, 0.25) is 0 Å². The van der Waals surface area contributed by atoms with Gasteiger partial charge in [-0.15, -0.1) is 23.1 Å². The third-order valence-corrected chi connectivity index (χ3v) is 11.6. The molecule has 1 aliphatic carbocycles. The van der Waals surface area contributed by atoms with E-state index in [0.717, 1.165) is 51.3 Å². The summed E-state index contributed by atoms with van der Waals surface area (Å²) in [6.45, 7) is 4.13. The number of ether oxygens (including phenoxy) is 1. The predicted octanol–water partition coefficient (Wildman–Crippen LogP) is 9.25. The van der Waals surface area contributed by atoms with Crippen LogP contribution in [0, 0.1) is 5.92 Å². The van der Waals surface area contributed by atoms with Gasteiger partial charge in [-0.25, -0.2) is 4.79 Å². The lowest BCUT2D eigenvalue weighted by molar-refractivity contribution is -0.116. The summed E-state index contributed by atoms with van der Waals surface area (Å²) in [5, 5.41) is 8.83. The van der Waals surface area contributed by atoms with Gasteiger partial charge in [-0.05, 0) is 90.3 Å². The molecule has 0 spiro atoms. The lowest BCUT2D eigenvalue weighted by Crippen LogP contribution is -2.30. The number of methoxy groups -OCH3 is 1. The van der Waals surface area contributed by atoms with Crippen molar-refractivity contribution in [2.24, 2.45) is 5.92 Å². The Morgan fingerprint density at radius 2 is 1.58 bits per heavy atom. The Labute approximate surface area is 318 Å². The van der Waals surface area contributed by atoms with Crippen molar-refractivity contribution in [3.63, 3.8) is 0 Å². The fourth-order valence-electron chi connectivity index (χ4n) is 6.19. The van der Waals surface area contributed by atoms with E-state index in [9.17, 15) is 19.2 Å². The number of amides is 3. The minimum atomic E-state index is -0.500. The molecular formula is C43H41N3O5S2. The van der Waals surface area contributed by atoms with E-state index in [1.165, 1.54) is 30.2 Å². The zero-order valence-corrected chi connectivity index (χ0v) is 31.4. The summed E-state index contributed by atoms with van der Waals surface area (Å²) >= 11 is 2.83. The molecule has 1 aromatic heterocycles. The number of anilines is 2. The highest BCUT2D eigenvalue weighted by molar-refractivity contribution is 8.00. The predicted molar refractivity (Wildman–Crippen MR) is 214 cm³/mol. The molecule has 270 valence electrons. The number of thiophene rings is 1. The summed E-state index contributed by atoms with van der Waals surface area (Å²) in [7, 11) is 1.36. The van der Waals surface area contributed by atoms with Gasteiger partial charge < -0.3 is 20.7 Å². The number of hydrogen-bond donors (Lipinski definition) is 3. The number of rotatable bonds is 12. The number of carbonyl (C=O) groups is 4. The van der Waals surface area contributed by atoms with Gasteiger partial charge in [-0.3, -0.25) is 14.4 Å². The van der Waals surface area contributed by atoms with Gasteiger partial charge in [0.15, 0.2) is 0 Å². The first-order valence-electron chi connectivity index (χ1n) is 17.6. The molecule has 10 heteroatoms. The zero-order chi connectivity index (χ0) is 37.3. The average Bonchev–Trinajstić information content (AvgIpc) is 3.53. The topological polar surface area (TPSA) is 114 Å². The molecule has 0 saturated heterocycles. The third kappa shape index (κ3) is 9.32. The lowest BCUT2D eigenvalue weighted by atomic mass is 9.88. The number of hydrogen-bond acceptors (Lipinski definition) is 7. The molecule has 2 atom stereocenters. The molecule has 0 aliphatic heterocycles. The SMILES string of the molecule is CCC(Sc1cccc(NC(=O)/C(=C\c2ccc(-c3ccccc3)cc2)NC(=O)c2ccccc2)c1)C(=O)Nc1sc2c(c1C(=O)OC)CCC(C)C2. The minimum Gasteiger partial charge on any atom is -0.465 e. The Kier molecular flexibility index (Phi) is 12.2. The molecule has 4 aromatic carbocycles. The lowest BCUT2D eigenvalue weighted by Gasteiger charge is -2.18. The minimum absolute atomic E-state index is 0.0737.